The first kappa shape index (κ1) is 20.3. The zero-order chi connectivity index (χ0) is 21.6. The van der Waals surface area contributed by atoms with Gasteiger partial charge in [0, 0.05) is 35.7 Å². The van der Waals surface area contributed by atoms with Crippen LogP contribution in [0.3, 0.4) is 0 Å². The molecule has 1 N–H and O–H groups in total. The topological polar surface area (TPSA) is 47.4 Å². The van der Waals surface area contributed by atoms with Crippen LogP contribution >= 0.6 is 0 Å². The summed E-state index contributed by atoms with van der Waals surface area (Å²) in [6.45, 7) is 6.01. The zero-order valence-corrected chi connectivity index (χ0v) is 17.4. The molecule has 2 aromatic carbocycles. The maximum absolute atomic E-state index is 14.8. The molecule has 0 spiro atoms. The van der Waals surface area contributed by atoms with E-state index in [2.05, 4.69) is 12.1 Å². The summed E-state index contributed by atoms with van der Waals surface area (Å²) in [7, 11) is 0. The number of amides is 1. The van der Waals surface area contributed by atoms with E-state index >= 15 is 0 Å². The van der Waals surface area contributed by atoms with Gasteiger partial charge in [0.05, 0.1) is 18.4 Å². The van der Waals surface area contributed by atoms with E-state index in [1.807, 2.05) is 19.9 Å². The molecular formula is C24H25F2N3O. The molecule has 4 nitrogen and oxygen atoms in total. The summed E-state index contributed by atoms with van der Waals surface area (Å²) in [5, 5.41) is 8.30. The molecule has 2 aromatic rings. The Bertz CT molecular complexity index is 950. The van der Waals surface area contributed by atoms with Gasteiger partial charge in [0.2, 0.25) is 5.91 Å². The van der Waals surface area contributed by atoms with Gasteiger partial charge in [0.15, 0.2) is 0 Å². The number of hydrogen-bond donors (Lipinski definition) is 1. The van der Waals surface area contributed by atoms with E-state index in [0.29, 0.717) is 36.1 Å². The summed E-state index contributed by atoms with van der Waals surface area (Å²) < 4.78 is 29.6. The van der Waals surface area contributed by atoms with E-state index in [1.54, 1.807) is 22.8 Å². The van der Waals surface area contributed by atoms with Gasteiger partial charge in [-0.15, -0.1) is 0 Å². The van der Waals surface area contributed by atoms with E-state index in [-0.39, 0.29) is 42.0 Å². The van der Waals surface area contributed by atoms with Crippen molar-refractivity contribution in [2.75, 3.05) is 13.1 Å². The summed E-state index contributed by atoms with van der Waals surface area (Å²) in [4.78, 5) is 16.2. The highest BCUT2D eigenvalue weighted by Crippen LogP contribution is 2.40. The van der Waals surface area contributed by atoms with Gasteiger partial charge >= 0.3 is 0 Å². The monoisotopic (exact) mass is 409 g/mol. The maximum Gasteiger partial charge on any atom is 0.242 e. The predicted octanol–water partition coefficient (Wildman–Crippen LogP) is 3.71. The molecule has 156 valence electrons. The minimum atomic E-state index is -0.421. The van der Waals surface area contributed by atoms with Crippen molar-refractivity contribution in [3.8, 4) is 0 Å². The summed E-state index contributed by atoms with van der Waals surface area (Å²) in [5.41, 5.74) is 2.51. The van der Waals surface area contributed by atoms with Crippen molar-refractivity contribution in [3.63, 3.8) is 0 Å². The van der Waals surface area contributed by atoms with Crippen molar-refractivity contribution < 1.29 is 13.6 Å². The second-order valence-corrected chi connectivity index (χ2v) is 8.36. The van der Waals surface area contributed by atoms with E-state index < -0.39 is 5.92 Å². The molecule has 1 saturated heterocycles. The smallest absolute Gasteiger partial charge is 0.242 e. The van der Waals surface area contributed by atoms with Crippen molar-refractivity contribution in [2.45, 2.75) is 51.6 Å². The molecule has 6 heteroatoms. The normalized spacial score (nSPS) is 19.3. The Balaban J connectivity index is 1.93. The van der Waals surface area contributed by atoms with Gasteiger partial charge in [-0.3, -0.25) is 10.2 Å². The molecule has 4 rings (SSSR count). The lowest BCUT2D eigenvalue weighted by Crippen LogP contribution is -2.60. The number of carbonyl (C=O) groups excluding carboxylic acids is 1. The summed E-state index contributed by atoms with van der Waals surface area (Å²) in [5.74, 6) is -0.875. The first-order chi connectivity index (χ1) is 14.3. The van der Waals surface area contributed by atoms with Gasteiger partial charge in [0.25, 0.3) is 0 Å². The largest absolute Gasteiger partial charge is 0.346 e. The number of carbonyl (C=O) groups is 1. The van der Waals surface area contributed by atoms with Crippen LogP contribution in [0.5, 0.6) is 0 Å². The van der Waals surface area contributed by atoms with E-state index in [0.717, 1.165) is 5.56 Å². The molecule has 2 unspecified atom stereocenters. The Morgan fingerprint density at radius 2 is 1.93 bits per heavy atom. The molecule has 1 amide bonds. The summed E-state index contributed by atoms with van der Waals surface area (Å²) >= 11 is 0. The molecule has 0 radical (unpaired) electrons. The van der Waals surface area contributed by atoms with Crippen LogP contribution in [0.2, 0.25) is 0 Å². The molecule has 1 heterocycles. The molecule has 0 bridgehead atoms. The lowest BCUT2D eigenvalue weighted by Gasteiger charge is -2.46. The third kappa shape index (κ3) is 3.32. The number of hydrogen-bond acceptors (Lipinski definition) is 2. The fourth-order valence-corrected chi connectivity index (χ4v) is 4.83. The zero-order valence-electron chi connectivity index (χ0n) is 17.4. The minimum absolute atomic E-state index is 0.00605. The fraction of sp³-hybridized carbons (Fsp3) is 0.417. The first-order valence-electron chi connectivity index (χ1n) is 10.3. The Labute approximate surface area is 176 Å². The molecular weight excluding hydrogens is 384 g/mol. The number of nitrogens with zero attached hydrogens (tertiary/aromatic N) is 2. The van der Waals surface area contributed by atoms with Gasteiger partial charge in [-0.05, 0) is 50.8 Å². The van der Waals surface area contributed by atoms with Crippen molar-refractivity contribution in [1.29, 1.82) is 5.41 Å². The average molecular weight is 409 g/mol. The first-order valence-corrected chi connectivity index (χ1v) is 10.3. The van der Waals surface area contributed by atoms with E-state index in [9.17, 15) is 13.6 Å². The minimum Gasteiger partial charge on any atom is -0.346 e. The summed E-state index contributed by atoms with van der Waals surface area (Å²) in [6.07, 6.45) is 0.767. The third-order valence-electron chi connectivity index (χ3n) is 6.29. The SMILES string of the molecule is CC(=N)N1CC(=O)N(C(C)C)CC1C1c2c#ccc(F)c2CCc2c(F)cccc21. The van der Waals surface area contributed by atoms with Crippen molar-refractivity contribution in [3.05, 3.63) is 70.3 Å². The van der Waals surface area contributed by atoms with Crippen molar-refractivity contribution in [1.82, 2.24) is 9.80 Å². The van der Waals surface area contributed by atoms with Crippen LogP contribution in [0, 0.1) is 29.2 Å². The standard InChI is InChI=1S/C24H25F2N3O/c1-14(2)28-12-22(29(15(3)27)13-23(28)30)24-18-6-4-8-20(25)16(18)10-11-17-19(24)7-5-9-21(17)26/h4,6,8-9,14,22,24,27H,10-13H2,1-3H3. The second-order valence-electron chi connectivity index (χ2n) is 8.36. The van der Waals surface area contributed by atoms with Crippen LogP contribution in [0.25, 0.3) is 0 Å². The Morgan fingerprint density at radius 1 is 1.20 bits per heavy atom. The fourth-order valence-electron chi connectivity index (χ4n) is 4.83. The molecule has 0 aromatic heterocycles. The highest BCUT2D eigenvalue weighted by Gasteiger charge is 2.42. The van der Waals surface area contributed by atoms with E-state index in [1.165, 1.54) is 12.1 Å². The molecule has 2 atom stereocenters. The Kier molecular flexibility index (Phi) is 5.23. The molecule has 1 fully saturated rings. The molecule has 2 aliphatic rings. The van der Waals surface area contributed by atoms with Crippen LogP contribution < -0.4 is 0 Å². The number of fused-ring (bicyclic) bond motifs is 2. The van der Waals surface area contributed by atoms with Gasteiger partial charge < -0.3 is 9.80 Å². The molecule has 1 aliphatic heterocycles. The quantitative estimate of drug-likeness (QED) is 0.607. The lowest BCUT2D eigenvalue weighted by molar-refractivity contribution is -0.138. The second kappa shape index (κ2) is 7.71. The Morgan fingerprint density at radius 3 is 2.63 bits per heavy atom. The van der Waals surface area contributed by atoms with Crippen molar-refractivity contribution >= 4 is 11.7 Å². The highest BCUT2D eigenvalue weighted by molar-refractivity contribution is 5.87. The van der Waals surface area contributed by atoms with Gasteiger partial charge in [-0.1, -0.05) is 24.3 Å². The van der Waals surface area contributed by atoms with Crippen molar-refractivity contribution in [2.24, 2.45) is 0 Å². The predicted molar refractivity (Wildman–Crippen MR) is 110 cm³/mol. The number of benzene rings is 1. The summed E-state index contributed by atoms with van der Waals surface area (Å²) in [6, 6.07) is 11.8. The lowest BCUT2D eigenvalue weighted by atomic mass is 9.81. The van der Waals surface area contributed by atoms with Gasteiger partial charge in [-0.2, -0.15) is 0 Å². The third-order valence-corrected chi connectivity index (χ3v) is 6.29. The van der Waals surface area contributed by atoms with Crippen LogP contribution in [0.15, 0.2) is 24.3 Å². The van der Waals surface area contributed by atoms with Gasteiger partial charge in [0.1, 0.15) is 11.6 Å². The van der Waals surface area contributed by atoms with Crippen LogP contribution in [-0.2, 0) is 17.6 Å². The van der Waals surface area contributed by atoms with E-state index in [4.69, 9.17) is 5.41 Å². The molecule has 1 aliphatic carbocycles. The molecule has 0 saturated carbocycles. The van der Waals surface area contributed by atoms with Crippen LogP contribution in [0.1, 0.15) is 48.9 Å². The number of nitrogens with one attached hydrogen (secondary N) is 1. The molecule has 30 heavy (non-hydrogen) atoms. The van der Waals surface area contributed by atoms with Crippen LogP contribution in [-0.4, -0.2) is 46.7 Å². The maximum atomic E-state index is 14.8. The number of halogens is 2. The highest BCUT2D eigenvalue weighted by atomic mass is 19.1. The Hall–Kier alpha value is -2.94. The van der Waals surface area contributed by atoms with Crippen LogP contribution in [0.4, 0.5) is 8.78 Å². The number of amidine groups is 1. The number of piperazine rings is 1. The van der Waals surface area contributed by atoms with Gasteiger partial charge in [-0.25, -0.2) is 8.78 Å². The number of rotatable bonds is 2. The average Bonchev–Trinajstić information content (AvgIpc) is 2.86.